The van der Waals surface area contributed by atoms with Gasteiger partial charge in [0.25, 0.3) is 0 Å². The van der Waals surface area contributed by atoms with Gasteiger partial charge in [-0.2, -0.15) is 0 Å². The quantitative estimate of drug-likeness (QED) is 0.313. The monoisotopic (exact) mass is 469 g/mol. The molecule has 4 N–H and O–H groups in total. The third-order valence-corrected chi connectivity index (χ3v) is 6.45. The van der Waals surface area contributed by atoms with E-state index in [1.165, 1.54) is 37.7 Å². The summed E-state index contributed by atoms with van der Waals surface area (Å²) >= 11 is 0. The molecule has 0 bridgehead atoms. The topological polar surface area (TPSA) is 86.2 Å². The van der Waals surface area contributed by atoms with E-state index in [0.29, 0.717) is 18.3 Å². The van der Waals surface area contributed by atoms with Crippen LogP contribution >= 0.6 is 0 Å². The van der Waals surface area contributed by atoms with E-state index in [-0.39, 0.29) is 13.4 Å². The highest BCUT2D eigenvalue weighted by Crippen LogP contribution is 2.36. The Kier molecular flexibility index (Phi) is 14.8. The largest absolute Gasteiger partial charge is 0.381 e. The number of carbonyl (C=O) groups is 1. The molecule has 0 unspecified atom stereocenters. The molecular formula is C29H47N3O2. The fourth-order valence-corrected chi connectivity index (χ4v) is 4.70. The van der Waals surface area contributed by atoms with Crippen molar-refractivity contribution in [1.29, 1.82) is 0 Å². The zero-order valence-corrected chi connectivity index (χ0v) is 21.4. The first-order chi connectivity index (χ1) is 16.3. The molecule has 1 aliphatic heterocycles. The lowest BCUT2D eigenvalue weighted by Gasteiger charge is -2.25. The number of anilines is 2. The van der Waals surface area contributed by atoms with Crippen LogP contribution in [-0.4, -0.2) is 24.0 Å². The highest BCUT2D eigenvalue weighted by atomic mass is 16.5. The smallest absolute Gasteiger partial charge is 0.164 e. The Bertz CT molecular complexity index is 820. The molecule has 2 heterocycles. The Labute approximate surface area is 208 Å². The Hall–Kier alpha value is -2.50. The van der Waals surface area contributed by atoms with E-state index in [1.807, 2.05) is 50.4 Å². The lowest BCUT2D eigenvalue weighted by molar-refractivity contribution is 0.0619. The zero-order valence-electron chi connectivity index (χ0n) is 21.4. The summed E-state index contributed by atoms with van der Waals surface area (Å²) in [7, 11) is 0. The highest BCUT2D eigenvalue weighted by Gasteiger charge is 2.23. The van der Waals surface area contributed by atoms with Crippen LogP contribution in [0, 0.1) is 5.92 Å². The molecule has 1 saturated heterocycles. The number of aromatic nitrogens is 1. The molecule has 0 spiro atoms. The van der Waals surface area contributed by atoms with Crippen LogP contribution < -0.4 is 11.5 Å². The van der Waals surface area contributed by atoms with Crippen molar-refractivity contribution in [3.05, 3.63) is 66.9 Å². The van der Waals surface area contributed by atoms with Gasteiger partial charge in [-0.25, -0.2) is 4.98 Å². The summed E-state index contributed by atoms with van der Waals surface area (Å²) in [6.45, 7) is 11.7. The van der Waals surface area contributed by atoms with Gasteiger partial charge in [0, 0.05) is 38.5 Å². The number of pyridine rings is 1. The molecule has 1 aromatic carbocycles. The van der Waals surface area contributed by atoms with Crippen molar-refractivity contribution >= 4 is 17.3 Å². The second-order valence-electron chi connectivity index (χ2n) is 8.50. The Morgan fingerprint density at radius 1 is 1.06 bits per heavy atom. The normalized spacial score (nSPS) is 16.1. The standard InChI is InChI=1S/C25H32N2O2.C2H6.C2H4.H3N.H2/c28-24(12-11-19-13-15-29-16-14-19)23-18-26-25(27-21-9-5-2-6-10-21)17-22(23)20-7-3-1-4-8-20;2*1-2;;/h2,5-6,9-10,17-20H,1,3-4,7-8,11-16H2,(H,26,27);1-2H3;1-2H2;1H3;1H. The number of para-hydroxylation sites is 1. The molecule has 0 radical (unpaired) electrons. The van der Waals surface area contributed by atoms with E-state index in [9.17, 15) is 4.79 Å². The highest BCUT2D eigenvalue weighted by molar-refractivity contribution is 5.97. The molecule has 1 aromatic heterocycles. The first-order valence-corrected chi connectivity index (χ1v) is 12.7. The molecule has 2 fully saturated rings. The van der Waals surface area contributed by atoms with Crippen molar-refractivity contribution in [2.75, 3.05) is 18.5 Å². The molecule has 5 nitrogen and oxygen atoms in total. The third-order valence-electron chi connectivity index (χ3n) is 6.45. The van der Waals surface area contributed by atoms with Crippen LogP contribution in [0.3, 0.4) is 0 Å². The number of ether oxygens (including phenoxy) is 1. The molecular weight excluding hydrogens is 422 g/mol. The average molecular weight is 470 g/mol. The number of nitrogens with zero attached hydrogens (tertiary/aromatic N) is 1. The maximum absolute atomic E-state index is 13.1. The van der Waals surface area contributed by atoms with Gasteiger partial charge in [0.15, 0.2) is 5.78 Å². The maximum atomic E-state index is 13.1. The van der Waals surface area contributed by atoms with E-state index in [4.69, 9.17) is 4.74 Å². The van der Waals surface area contributed by atoms with Gasteiger partial charge in [-0.1, -0.05) is 51.3 Å². The fourth-order valence-electron chi connectivity index (χ4n) is 4.70. The van der Waals surface area contributed by atoms with Crippen molar-refractivity contribution in [1.82, 2.24) is 11.1 Å². The van der Waals surface area contributed by atoms with E-state index in [0.717, 1.165) is 49.5 Å². The molecule has 190 valence electrons. The van der Waals surface area contributed by atoms with Gasteiger partial charge >= 0.3 is 0 Å². The van der Waals surface area contributed by atoms with E-state index in [1.54, 1.807) is 0 Å². The van der Waals surface area contributed by atoms with Gasteiger partial charge in [-0.15, -0.1) is 13.2 Å². The zero-order chi connectivity index (χ0) is 23.9. The molecule has 2 aliphatic rings. The van der Waals surface area contributed by atoms with Crippen LogP contribution in [0.1, 0.15) is 94.9 Å². The number of Topliss-reactive ketones (excluding diaryl/α,β-unsaturated/α-hetero) is 1. The second kappa shape index (κ2) is 17.0. The van der Waals surface area contributed by atoms with E-state index < -0.39 is 0 Å². The maximum Gasteiger partial charge on any atom is 0.164 e. The fraction of sp³-hybridized carbons (Fsp3) is 0.517. The lowest BCUT2D eigenvalue weighted by atomic mass is 9.81. The SMILES string of the molecule is C=C.CC.N.O=C(CCC1CCOCC1)c1cnc(Nc2ccccc2)cc1C1CCCCC1.[HH]. The second-order valence-corrected chi connectivity index (χ2v) is 8.50. The van der Waals surface area contributed by atoms with Gasteiger partial charge in [-0.05, 0) is 67.7 Å². The number of hydrogen-bond donors (Lipinski definition) is 2. The molecule has 1 aliphatic carbocycles. The van der Waals surface area contributed by atoms with Crippen LogP contribution in [0.5, 0.6) is 0 Å². The first-order valence-electron chi connectivity index (χ1n) is 12.7. The van der Waals surface area contributed by atoms with Crippen molar-refractivity contribution in [3.8, 4) is 0 Å². The van der Waals surface area contributed by atoms with E-state index >= 15 is 0 Å². The van der Waals surface area contributed by atoms with Gasteiger partial charge in [0.1, 0.15) is 5.82 Å². The number of ketones is 1. The number of nitrogens with one attached hydrogen (secondary N) is 1. The minimum Gasteiger partial charge on any atom is -0.381 e. The number of benzene rings is 1. The molecule has 1 saturated carbocycles. The summed E-state index contributed by atoms with van der Waals surface area (Å²) in [5, 5.41) is 3.40. The predicted octanol–water partition coefficient (Wildman–Crippen LogP) is 8.50. The molecule has 2 aromatic rings. The molecule has 0 atom stereocenters. The first kappa shape index (κ1) is 29.5. The van der Waals surface area contributed by atoms with Crippen molar-refractivity contribution < 1.29 is 11.0 Å². The summed E-state index contributed by atoms with van der Waals surface area (Å²) < 4.78 is 5.45. The number of rotatable bonds is 7. The molecule has 0 amide bonds. The van der Waals surface area contributed by atoms with Crippen molar-refractivity contribution in [2.24, 2.45) is 5.92 Å². The van der Waals surface area contributed by atoms with Crippen LogP contribution in [0.25, 0.3) is 0 Å². The third kappa shape index (κ3) is 9.03. The minimum atomic E-state index is 0. The summed E-state index contributed by atoms with van der Waals surface area (Å²) in [5.41, 5.74) is 3.07. The van der Waals surface area contributed by atoms with Gasteiger partial charge < -0.3 is 16.2 Å². The van der Waals surface area contributed by atoms with Crippen molar-refractivity contribution in [3.63, 3.8) is 0 Å². The molecule has 34 heavy (non-hydrogen) atoms. The Morgan fingerprint density at radius 3 is 2.35 bits per heavy atom. The number of carbonyl (C=O) groups excluding carboxylic acids is 1. The van der Waals surface area contributed by atoms with Gasteiger partial charge in [0.2, 0.25) is 0 Å². The summed E-state index contributed by atoms with van der Waals surface area (Å²) in [5.74, 6) is 2.19. The predicted molar refractivity (Wildman–Crippen MR) is 147 cm³/mol. The molecule has 5 heteroatoms. The Morgan fingerprint density at radius 2 is 1.71 bits per heavy atom. The average Bonchev–Trinajstić information content (AvgIpc) is 2.91. The van der Waals surface area contributed by atoms with Crippen LogP contribution in [0.15, 0.2) is 55.8 Å². The van der Waals surface area contributed by atoms with Gasteiger partial charge in [-0.3, -0.25) is 4.79 Å². The van der Waals surface area contributed by atoms with Crippen LogP contribution in [0.2, 0.25) is 0 Å². The summed E-state index contributed by atoms with van der Waals surface area (Å²) in [6.07, 6.45) is 11.7. The van der Waals surface area contributed by atoms with Crippen LogP contribution in [0.4, 0.5) is 11.5 Å². The summed E-state index contributed by atoms with van der Waals surface area (Å²) in [4.78, 5) is 17.7. The van der Waals surface area contributed by atoms with Crippen molar-refractivity contribution in [2.45, 2.75) is 77.6 Å². The minimum absolute atomic E-state index is 0. The summed E-state index contributed by atoms with van der Waals surface area (Å²) in [6, 6.07) is 12.2. The van der Waals surface area contributed by atoms with Crippen LogP contribution in [-0.2, 0) is 4.74 Å². The van der Waals surface area contributed by atoms with E-state index in [2.05, 4.69) is 29.5 Å². The van der Waals surface area contributed by atoms with Gasteiger partial charge in [0.05, 0.1) is 0 Å². The number of hydrogen-bond acceptors (Lipinski definition) is 5. The lowest BCUT2D eigenvalue weighted by Crippen LogP contribution is -2.17. The molecule has 4 rings (SSSR count). The Balaban J connectivity index is 0.00000183.